The molecule has 0 saturated heterocycles. The van der Waals surface area contributed by atoms with Gasteiger partial charge in [0.15, 0.2) is 0 Å². The minimum atomic E-state index is -4.23. The van der Waals surface area contributed by atoms with Gasteiger partial charge in [-0.3, -0.25) is 9.44 Å². The highest BCUT2D eigenvalue weighted by Gasteiger charge is 2.24. The van der Waals surface area contributed by atoms with Crippen LogP contribution in [0.4, 0.5) is 11.4 Å². The molecule has 3 N–H and O–H groups in total. The van der Waals surface area contributed by atoms with Gasteiger partial charge in [-0.25, -0.2) is 21.6 Å². The van der Waals surface area contributed by atoms with Gasteiger partial charge in [0.2, 0.25) is 0 Å². The second-order valence-corrected chi connectivity index (χ2v) is 12.2. The number of carboxylic acid groups (broad SMARTS) is 1. The van der Waals surface area contributed by atoms with Gasteiger partial charge in [-0.15, -0.1) is 0 Å². The normalized spacial score (nSPS) is 11.5. The van der Waals surface area contributed by atoms with Crippen LogP contribution in [0.3, 0.4) is 0 Å². The molecular weight excluding hydrogens is 556 g/mol. The zero-order valence-corrected chi connectivity index (χ0v) is 23.3. The predicted octanol–water partition coefficient (Wildman–Crippen LogP) is 5.40. The third kappa shape index (κ3) is 6.53. The Kier molecular flexibility index (Phi) is 8.03. The van der Waals surface area contributed by atoms with E-state index in [0.717, 1.165) is 23.3 Å². The molecule has 0 spiro atoms. The van der Waals surface area contributed by atoms with E-state index in [1.54, 1.807) is 50.2 Å². The Hall–Kier alpha value is -4.55. The lowest BCUT2D eigenvalue weighted by Gasteiger charge is -2.18. The number of nitrogens with one attached hydrogen (secondary N) is 2. The average molecular weight is 583 g/mol. The van der Waals surface area contributed by atoms with Crippen LogP contribution in [0.5, 0.6) is 17.2 Å². The number of sulfonamides is 2. The number of hydrogen-bond donors (Lipinski definition) is 3. The number of aryl methyl sites for hydroxylation is 2. The van der Waals surface area contributed by atoms with Crippen molar-refractivity contribution in [1.82, 2.24) is 0 Å². The lowest BCUT2D eigenvalue weighted by molar-refractivity contribution is 0.0694. The second-order valence-electron chi connectivity index (χ2n) is 8.81. The highest BCUT2D eigenvalue weighted by molar-refractivity contribution is 7.93. The van der Waals surface area contributed by atoms with Gasteiger partial charge < -0.3 is 14.6 Å². The van der Waals surface area contributed by atoms with E-state index < -0.39 is 31.6 Å². The van der Waals surface area contributed by atoms with E-state index in [1.807, 2.05) is 0 Å². The van der Waals surface area contributed by atoms with E-state index in [0.29, 0.717) is 5.75 Å². The quantitative estimate of drug-likeness (QED) is 0.225. The zero-order chi connectivity index (χ0) is 29.1. The van der Waals surface area contributed by atoms with Crippen molar-refractivity contribution < 1.29 is 36.2 Å². The molecule has 0 unspecified atom stereocenters. The van der Waals surface area contributed by atoms with Gasteiger partial charge in [-0.1, -0.05) is 35.4 Å². The van der Waals surface area contributed by atoms with Crippen molar-refractivity contribution in [2.45, 2.75) is 23.6 Å². The molecule has 0 fully saturated rings. The van der Waals surface area contributed by atoms with Gasteiger partial charge in [0, 0.05) is 6.07 Å². The number of carboxylic acids is 1. The standard InChI is InChI=1S/C28H26N2O8S2/c1-18-4-12-22(13-5-18)39(33,34)29-25-16-24(28(31)32)27(38-21-10-8-20(37-3)9-11-21)17-26(25)30-40(35,36)23-14-6-19(2)7-15-23/h4-17,29-30H,1-3H3,(H,31,32). The highest BCUT2D eigenvalue weighted by Crippen LogP contribution is 2.37. The van der Waals surface area contributed by atoms with Crippen LogP contribution in [-0.4, -0.2) is 35.0 Å². The Morgan fingerprint density at radius 1 is 0.675 bits per heavy atom. The lowest BCUT2D eigenvalue weighted by Crippen LogP contribution is -2.18. The SMILES string of the molecule is COc1ccc(Oc2cc(NS(=O)(=O)c3ccc(C)cc3)c(NS(=O)(=O)c3ccc(C)cc3)cc2C(=O)O)cc1. The summed E-state index contributed by atoms with van der Waals surface area (Å²) in [6.07, 6.45) is 0. The van der Waals surface area contributed by atoms with E-state index in [4.69, 9.17) is 9.47 Å². The van der Waals surface area contributed by atoms with Gasteiger partial charge in [0.25, 0.3) is 20.0 Å². The summed E-state index contributed by atoms with van der Waals surface area (Å²) in [5, 5.41) is 9.91. The second kappa shape index (κ2) is 11.3. The first-order valence-corrected chi connectivity index (χ1v) is 14.8. The van der Waals surface area contributed by atoms with Crippen molar-refractivity contribution in [3.8, 4) is 17.2 Å². The minimum Gasteiger partial charge on any atom is -0.497 e. The molecule has 4 aromatic carbocycles. The number of carbonyl (C=O) groups is 1. The molecule has 12 heteroatoms. The number of anilines is 2. The summed E-state index contributed by atoms with van der Waals surface area (Å²) < 4.78 is 68.4. The number of methoxy groups -OCH3 is 1. The third-order valence-corrected chi connectivity index (χ3v) is 8.55. The van der Waals surface area contributed by atoms with Gasteiger partial charge in [0.05, 0.1) is 28.3 Å². The molecule has 0 heterocycles. The fourth-order valence-electron chi connectivity index (χ4n) is 3.61. The minimum absolute atomic E-state index is 0.0784. The van der Waals surface area contributed by atoms with Crippen LogP contribution in [-0.2, 0) is 20.0 Å². The van der Waals surface area contributed by atoms with Gasteiger partial charge in [-0.2, -0.15) is 0 Å². The van der Waals surface area contributed by atoms with Crippen LogP contribution >= 0.6 is 0 Å². The molecular formula is C28H26N2O8S2. The molecule has 208 valence electrons. The van der Waals surface area contributed by atoms with Crippen LogP contribution in [0.15, 0.2) is 94.7 Å². The Balaban J connectivity index is 1.83. The summed E-state index contributed by atoms with van der Waals surface area (Å²) in [7, 11) is -6.96. The first kappa shape index (κ1) is 28.5. The van der Waals surface area contributed by atoms with Crippen molar-refractivity contribution in [2.75, 3.05) is 16.6 Å². The Morgan fingerprint density at radius 2 is 1.10 bits per heavy atom. The molecule has 0 atom stereocenters. The third-order valence-electron chi connectivity index (χ3n) is 5.79. The van der Waals surface area contributed by atoms with Crippen LogP contribution in [0.2, 0.25) is 0 Å². The van der Waals surface area contributed by atoms with E-state index in [1.165, 1.54) is 43.5 Å². The molecule has 0 bridgehead atoms. The molecule has 0 aromatic heterocycles. The molecule has 0 aliphatic heterocycles. The molecule has 0 saturated carbocycles. The molecule has 0 aliphatic rings. The van der Waals surface area contributed by atoms with E-state index >= 15 is 0 Å². The summed E-state index contributed by atoms with van der Waals surface area (Å²) in [5.74, 6) is -0.869. The first-order valence-electron chi connectivity index (χ1n) is 11.8. The molecule has 0 radical (unpaired) electrons. The monoisotopic (exact) mass is 582 g/mol. The van der Waals surface area contributed by atoms with Gasteiger partial charge in [-0.05, 0) is 68.4 Å². The number of rotatable bonds is 10. The molecule has 4 rings (SSSR count). The molecule has 0 aliphatic carbocycles. The molecule has 10 nitrogen and oxygen atoms in total. The average Bonchev–Trinajstić information content (AvgIpc) is 2.90. The Bertz CT molecular complexity index is 1750. The van der Waals surface area contributed by atoms with Gasteiger partial charge in [0.1, 0.15) is 22.8 Å². The maximum atomic E-state index is 13.2. The summed E-state index contributed by atoms with van der Waals surface area (Å²) in [6.45, 7) is 3.59. The summed E-state index contributed by atoms with van der Waals surface area (Å²) in [5.41, 5.74) is 0.710. The molecule has 40 heavy (non-hydrogen) atoms. The number of benzene rings is 4. The van der Waals surface area contributed by atoms with Crippen molar-refractivity contribution in [3.63, 3.8) is 0 Å². The maximum absolute atomic E-state index is 13.2. The molecule has 4 aromatic rings. The smallest absolute Gasteiger partial charge is 0.339 e. The summed E-state index contributed by atoms with van der Waals surface area (Å²) in [4.78, 5) is 12.0. The largest absolute Gasteiger partial charge is 0.497 e. The summed E-state index contributed by atoms with van der Waals surface area (Å²) in [6, 6.07) is 20.4. The van der Waals surface area contributed by atoms with E-state index in [-0.39, 0.29) is 32.7 Å². The van der Waals surface area contributed by atoms with E-state index in [9.17, 15) is 26.7 Å². The lowest BCUT2D eigenvalue weighted by atomic mass is 10.1. The van der Waals surface area contributed by atoms with Crippen molar-refractivity contribution in [3.05, 3.63) is 102 Å². The fourth-order valence-corrected chi connectivity index (χ4v) is 5.75. The van der Waals surface area contributed by atoms with Crippen LogP contribution < -0.4 is 18.9 Å². The Labute approximate surface area is 232 Å². The van der Waals surface area contributed by atoms with Crippen molar-refractivity contribution in [2.24, 2.45) is 0 Å². The zero-order valence-electron chi connectivity index (χ0n) is 21.7. The van der Waals surface area contributed by atoms with Crippen molar-refractivity contribution >= 4 is 37.4 Å². The predicted molar refractivity (Wildman–Crippen MR) is 150 cm³/mol. The van der Waals surface area contributed by atoms with E-state index in [2.05, 4.69) is 9.44 Å². The summed E-state index contributed by atoms with van der Waals surface area (Å²) >= 11 is 0. The van der Waals surface area contributed by atoms with Gasteiger partial charge >= 0.3 is 5.97 Å². The van der Waals surface area contributed by atoms with Crippen LogP contribution in [0, 0.1) is 13.8 Å². The topological polar surface area (TPSA) is 148 Å². The van der Waals surface area contributed by atoms with Crippen molar-refractivity contribution in [1.29, 1.82) is 0 Å². The molecule has 0 amide bonds. The number of ether oxygens (including phenoxy) is 2. The number of hydrogen-bond acceptors (Lipinski definition) is 7. The highest BCUT2D eigenvalue weighted by atomic mass is 32.2. The Morgan fingerprint density at radius 3 is 1.52 bits per heavy atom. The fraction of sp³-hybridized carbons (Fsp3) is 0.107. The first-order chi connectivity index (χ1) is 18.9. The number of aromatic carboxylic acids is 1. The van der Waals surface area contributed by atoms with Crippen LogP contribution in [0.25, 0.3) is 0 Å². The van der Waals surface area contributed by atoms with Crippen LogP contribution in [0.1, 0.15) is 21.5 Å². The maximum Gasteiger partial charge on any atom is 0.339 e.